The van der Waals surface area contributed by atoms with Gasteiger partial charge < -0.3 is 19.2 Å². The molecule has 0 N–H and O–H groups in total. The molecule has 0 spiro atoms. The van der Waals surface area contributed by atoms with Gasteiger partial charge in [-0.05, 0) is 32.2 Å². The maximum atomic E-state index is 10.1. The zero-order valence-electron chi connectivity index (χ0n) is 14.9. The Hall–Kier alpha value is -0.450. The second kappa shape index (κ2) is 19.6. The zero-order chi connectivity index (χ0) is 16.3. The van der Waals surface area contributed by atoms with E-state index in [4.69, 9.17) is 9.47 Å². The van der Waals surface area contributed by atoms with E-state index in [0.717, 1.165) is 51.8 Å². The van der Waals surface area contributed by atoms with E-state index < -0.39 is 0 Å². The van der Waals surface area contributed by atoms with Crippen molar-refractivity contribution in [1.29, 1.82) is 0 Å². The van der Waals surface area contributed by atoms with E-state index in [1.165, 1.54) is 6.42 Å². The first kappa shape index (κ1) is 22.8. The fraction of sp³-hybridized carbons (Fsp3) is 0.941. The van der Waals surface area contributed by atoms with Gasteiger partial charge in [0, 0.05) is 33.2 Å². The Morgan fingerprint density at radius 3 is 2.19 bits per heavy atom. The Labute approximate surface area is 132 Å². The first-order valence-corrected chi connectivity index (χ1v) is 8.63. The summed E-state index contributed by atoms with van der Waals surface area (Å²) in [5.41, 5.74) is 0. The summed E-state index contributed by atoms with van der Waals surface area (Å²) in [6.45, 7) is 12.8. The molecule has 21 heavy (non-hydrogen) atoms. The molecule has 4 heteroatoms. The van der Waals surface area contributed by atoms with Crippen LogP contribution in [0.5, 0.6) is 0 Å². The SMILES string of the molecule is CC.CC.COC1CCN(CCCCOCCC=O)CC1. The molecular weight excluding hydrogens is 266 g/mol. The van der Waals surface area contributed by atoms with Crippen LogP contribution in [0, 0.1) is 0 Å². The van der Waals surface area contributed by atoms with E-state index in [2.05, 4.69) is 4.90 Å². The standard InChI is InChI=1S/C13H25NO3.2C2H6/c1-16-13-5-8-14(9-6-13)7-2-3-11-17-12-4-10-15;2*1-2/h10,13H,2-9,11-12H2,1H3;2*1-2H3. The summed E-state index contributed by atoms with van der Waals surface area (Å²) in [7, 11) is 1.80. The number of ether oxygens (including phenoxy) is 2. The summed E-state index contributed by atoms with van der Waals surface area (Å²) < 4.78 is 10.7. The summed E-state index contributed by atoms with van der Waals surface area (Å²) in [6.07, 6.45) is 6.48. The molecule has 0 aromatic carbocycles. The van der Waals surface area contributed by atoms with Crippen LogP contribution < -0.4 is 0 Å². The lowest BCUT2D eigenvalue weighted by atomic mass is 10.1. The number of methoxy groups -OCH3 is 1. The second-order valence-corrected chi connectivity index (χ2v) is 4.55. The third-order valence-electron chi connectivity index (χ3n) is 3.26. The predicted octanol–water partition coefficient (Wildman–Crippen LogP) is 3.54. The van der Waals surface area contributed by atoms with Crippen LogP contribution in [0.3, 0.4) is 0 Å². The molecule has 0 unspecified atom stereocenters. The number of piperidine rings is 1. The van der Waals surface area contributed by atoms with Crippen molar-refractivity contribution in [3.63, 3.8) is 0 Å². The Kier molecular flexibility index (Phi) is 21.2. The molecule has 128 valence electrons. The largest absolute Gasteiger partial charge is 0.381 e. The monoisotopic (exact) mass is 303 g/mol. The van der Waals surface area contributed by atoms with Crippen molar-refractivity contribution in [2.24, 2.45) is 0 Å². The minimum Gasteiger partial charge on any atom is -0.381 e. The van der Waals surface area contributed by atoms with E-state index in [1.54, 1.807) is 7.11 Å². The number of carbonyl (C=O) groups is 1. The molecule has 1 rings (SSSR count). The third kappa shape index (κ3) is 14.3. The molecule has 0 amide bonds. The first-order chi connectivity index (χ1) is 10.4. The average Bonchev–Trinajstić information content (AvgIpc) is 2.58. The number of carbonyl (C=O) groups excluding carboxylic acids is 1. The molecule has 1 heterocycles. The Bertz CT molecular complexity index is 192. The number of likely N-dealkylation sites (tertiary alicyclic amines) is 1. The van der Waals surface area contributed by atoms with Gasteiger partial charge in [0.15, 0.2) is 0 Å². The maximum absolute atomic E-state index is 10.1. The van der Waals surface area contributed by atoms with E-state index in [9.17, 15) is 4.79 Å². The molecule has 0 bridgehead atoms. The second-order valence-electron chi connectivity index (χ2n) is 4.55. The van der Waals surface area contributed by atoms with Gasteiger partial charge in [-0.1, -0.05) is 27.7 Å². The van der Waals surface area contributed by atoms with E-state index in [1.807, 2.05) is 27.7 Å². The Balaban J connectivity index is 0. The van der Waals surface area contributed by atoms with Gasteiger partial charge in [-0.2, -0.15) is 0 Å². The van der Waals surface area contributed by atoms with Crippen molar-refractivity contribution >= 4 is 6.29 Å². The minimum absolute atomic E-state index is 0.470. The molecular formula is C17H37NO3. The number of rotatable bonds is 9. The molecule has 1 fully saturated rings. The fourth-order valence-electron chi connectivity index (χ4n) is 2.14. The van der Waals surface area contributed by atoms with Crippen LogP contribution in [-0.4, -0.2) is 57.2 Å². The van der Waals surface area contributed by atoms with Gasteiger partial charge >= 0.3 is 0 Å². The van der Waals surface area contributed by atoms with Crippen LogP contribution in [0.25, 0.3) is 0 Å². The lowest BCUT2D eigenvalue weighted by molar-refractivity contribution is -0.108. The third-order valence-corrected chi connectivity index (χ3v) is 3.26. The van der Waals surface area contributed by atoms with Gasteiger partial charge in [0.1, 0.15) is 6.29 Å². The van der Waals surface area contributed by atoms with Gasteiger partial charge in [0.05, 0.1) is 12.7 Å². The van der Waals surface area contributed by atoms with Crippen LogP contribution in [0.2, 0.25) is 0 Å². The lowest BCUT2D eigenvalue weighted by Crippen LogP contribution is -2.37. The van der Waals surface area contributed by atoms with Crippen LogP contribution in [0.4, 0.5) is 0 Å². The summed E-state index contributed by atoms with van der Waals surface area (Å²) in [5, 5.41) is 0. The van der Waals surface area contributed by atoms with E-state index in [0.29, 0.717) is 19.1 Å². The number of hydrogen-bond donors (Lipinski definition) is 0. The van der Waals surface area contributed by atoms with Gasteiger partial charge in [-0.3, -0.25) is 0 Å². The van der Waals surface area contributed by atoms with E-state index >= 15 is 0 Å². The molecule has 1 aliphatic rings. The van der Waals surface area contributed by atoms with Crippen molar-refractivity contribution in [3.8, 4) is 0 Å². The Morgan fingerprint density at radius 2 is 1.67 bits per heavy atom. The highest BCUT2D eigenvalue weighted by atomic mass is 16.5. The topological polar surface area (TPSA) is 38.8 Å². The van der Waals surface area contributed by atoms with Crippen molar-refractivity contribution in [2.75, 3.05) is 40.0 Å². The van der Waals surface area contributed by atoms with Crippen LogP contribution >= 0.6 is 0 Å². The van der Waals surface area contributed by atoms with Crippen molar-refractivity contribution < 1.29 is 14.3 Å². The van der Waals surface area contributed by atoms with Crippen molar-refractivity contribution in [3.05, 3.63) is 0 Å². The van der Waals surface area contributed by atoms with Crippen LogP contribution in [-0.2, 0) is 14.3 Å². The fourth-order valence-corrected chi connectivity index (χ4v) is 2.14. The average molecular weight is 303 g/mol. The molecule has 0 aromatic rings. The molecule has 0 saturated carbocycles. The normalized spacial score (nSPS) is 15.5. The molecule has 0 atom stereocenters. The highest BCUT2D eigenvalue weighted by Crippen LogP contribution is 2.13. The summed E-state index contributed by atoms with van der Waals surface area (Å²) in [5.74, 6) is 0. The molecule has 1 saturated heterocycles. The summed E-state index contributed by atoms with van der Waals surface area (Å²) >= 11 is 0. The van der Waals surface area contributed by atoms with Crippen LogP contribution in [0.15, 0.2) is 0 Å². The summed E-state index contributed by atoms with van der Waals surface area (Å²) in [6, 6.07) is 0. The van der Waals surface area contributed by atoms with Gasteiger partial charge in [-0.25, -0.2) is 0 Å². The Morgan fingerprint density at radius 1 is 1.05 bits per heavy atom. The van der Waals surface area contributed by atoms with Gasteiger partial charge in [0.25, 0.3) is 0 Å². The first-order valence-electron chi connectivity index (χ1n) is 8.63. The highest BCUT2D eigenvalue weighted by molar-refractivity contribution is 5.49. The van der Waals surface area contributed by atoms with Crippen LogP contribution in [0.1, 0.15) is 59.8 Å². The number of unbranched alkanes of at least 4 members (excludes halogenated alkanes) is 1. The molecule has 0 aromatic heterocycles. The highest BCUT2D eigenvalue weighted by Gasteiger charge is 2.17. The van der Waals surface area contributed by atoms with E-state index in [-0.39, 0.29) is 0 Å². The molecule has 1 aliphatic heterocycles. The lowest BCUT2D eigenvalue weighted by Gasteiger charge is -2.31. The maximum Gasteiger partial charge on any atom is 0.122 e. The number of aldehydes is 1. The van der Waals surface area contributed by atoms with Gasteiger partial charge in [0.2, 0.25) is 0 Å². The number of hydrogen-bond acceptors (Lipinski definition) is 4. The predicted molar refractivity (Wildman–Crippen MR) is 89.9 cm³/mol. The zero-order valence-corrected chi connectivity index (χ0v) is 14.9. The molecule has 4 nitrogen and oxygen atoms in total. The summed E-state index contributed by atoms with van der Waals surface area (Å²) in [4.78, 5) is 12.6. The van der Waals surface area contributed by atoms with Crippen molar-refractivity contribution in [1.82, 2.24) is 4.90 Å². The molecule has 0 aliphatic carbocycles. The quantitative estimate of drug-likeness (QED) is 0.482. The van der Waals surface area contributed by atoms with Crippen molar-refractivity contribution in [2.45, 2.75) is 65.9 Å². The minimum atomic E-state index is 0.470. The number of nitrogens with zero attached hydrogens (tertiary/aromatic N) is 1. The smallest absolute Gasteiger partial charge is 0.122 e. The molecule has 0 radical (unpaired) electrons. The van der Waals surface area contributed by atoms with Gasteiger partial charge in [-0.15, -0.1) is 0 Å².